The standard InChI is InChI=1S/C12H22/c1-9(2)11(4)12-7-5-10(3)6-8-12/h10,12H,5-8H2,1-4H3. The first-order valence-electron chi connectivity index (χ1n) is 5.25. The third kappa shape index (κ3) is 2.36. The summed E-state index contributed by atoms with van der Waals surface area (Å²) in [6.45, 7) is 9.19. The Labute approximate surface area is 77.1 Å². The monoisotopic (exact) mass is 166 g/mol. The summed E-state index contributed by atoms with van der Waals surface area (Å²) < 4.78 is 0. The van der Waals surface area contributed by atoms with Crippen LogP contribution in [0.5, 0.6) is 0 Å². The normalized spacial score (nSPS) is 30.0. The molecule has 1 rings (SSSR count). The first kappa shape index (κ1) is 9.83. The lowest BCUT2D eigenvalue weighted by Gasteiger charge is -2.27. The minimum absolute atomic E-state index is 0.909. The second-order valence-electron chi connectivity index (χ2n) is 4.64. The van der Waals surface area contributed by atoms with Crippen LogP contribution in [0.25, 0.3) is 0 Å². The van der Waals surface area contributed by atoms with Crippen LogP contribution >= 0.6 is 0 Å². The van der Waals surface area contributed by atoms with Gasteiger partial charge in [0.15, 0.2) is 0 Å². The Bertz CT molecular complexity index is 164. The molecule has 0 N–H and O–H groups in total. The number of hydrogen-bond acceptors (Lipinski definition) is 0. The highest BCUT2D eigenvalue weighted by Gasteiger charge is 2.19. The van der Waals surface area contributed by atoms with E-state index in [2.05, 4.69) is 27.7 Å². The van der Waals surface area contributed by atoms with E-state index in [0.29, 0.717) is 0 Å². The molecule has 0 bridgehead atoms. The molecule has 1 aliphatic rings. The van der Waals surface area contributed by atoms with Gasteiger partial charge in [-0.2, -0.15) is 0 Å². The molecule has 0 saturated heterocycles. The molecule has 0 aromatic rings. The van der Waals surface area contributed by atoms with Gasteiger partial charge < -0.3 is 0 Å². The molecule has 1 saturated carbocycles. The number of rotatable bonds is 1. The average molecular weight is 166 g/mol. The van der Waals surface area contributed by atoms with Gasteiger partial charge in [-0.25, -0.2) is 0 Å². The number of allylic oxidation sites excluding steroid dienone is 2. The van der Waals surface area contributed by atoms with E-state index < -0.39 is 0 Å². The summed E-state index contributed by atoms with van der Waals surface area (Å²) in [7, 11) is 0. The van der Waals surface area contributed by atoms with Crippen molar-refractivity contribution in [3.8, 4) is 0 Å². The van der Waals surface area contributed by atoms with Gasteiger partial charge in [0.25, 0.3) is 0 Å². The van der Waals surface area contributed by atoms with E-state index in [1.165, 1.54) is 31.3 Å². The Morgan fingerprint density at radius 1 is 0.917 bits per heavy atom. The lowest BCUT2D eigenvalue weighted by molar-refractivity contribution is 0.319. The molecule has 70 valence electrons. The predicted molar refractivity (Wildman–Crippen MR) is 55.2 cm³/mol. The van der Waals surface area contributed by atoms with Crippen molar-refractivity contribution in [2.75, 3.05) is 0 Å². The Morgan fingerprint density at radius 3 is 1.83 bits per heavy atom. The van der Waals surface area contributed by atoms with E-state index in [-0.39, 0.29) is 0 Å². The lowest BCUT2D eigenvalue weighted by atomic mass is 9.78. The lowest BCUT2D eigenvalue weighted by Crippen LogP contribution is -2.13. The molecule has 12 heavy (non-hydrogen) atoms. The van der Waals surface area contributed by atoms with Crippen molar-refractivity contribution in [2.24, 2.45) is 11.8 Å². The van der Waals surface area contributed by atoms with Crippen LogP contribution in [0.4, 0.5) is 0 Å². The average Bonchev–Trinajstić information content (AvgIpc) is 2.04. The Balaban J connectivity index is 2.50. The molecule has 0 aliphatic heterocycles. The van der Waals surface area contributed by atoms with E-state index in [9.17, 15) is 0 Å². The molecule has 0 heteroatoms. The Morgan fingerprint density at radius 2 is 1.42 bits per heavy atom. The van der Waals surface area contributed by atoms with E-state index in [4.69, 9.17) is 0 Å². The van der Waals surface area contributed by atoms with E-state index >= 15 is 0 Å². The Kier molecular flexibility index (Phi) is 3.37. The van der Waals surface area contributed by atoms with Crippen molar-refractivity contribution in [1.82, 2.24) is 0 Å². The van der Waals surface area contributed by atoms with Crippen LogP contribution < -0.4 is 0 Å². The molecule has 0 radical (unpaired) electrons. The molecule has 0 nitrogen and oxygen atoms in total. The molecule has 0 atom stereocenters. The van der Waals surface area contributed by atoms with Crippen molar-refractivity contribution < 1.29 is 0 Å². The number of hydrogen-bond donors (Lipinski definition) is 0. The van der Waals surface area contributed by atoms with Gasteiger partial charge in [0, 0.05) is 0 Å². The third-order valence-corrected chi connectivity index (χ3v) is 3.42. The van der Waals surface area contributed by atoms with E-state index in [1.54, 1.807) is 5.57 Å². The summed E-state index contributed by atoms with van der Waals surface area (Å²) in [4.78, 5) is 0. The first-order chi connectivity index (χ1) is 5.61. The first-order valence-corrected chi connectivity index (χ1v) is 5.25. The molecule has 1 fully saturated rings. The fourth-order valence-corrected chi connectivity index (χ4v) is 2.10. The van der Waals surface area contributed by atoms with Gasteiger partial charge in [-0.15, -0.1) is 0 Å². The molecule has 0 amide bonds. The minimum atomic E-state index is 0.909. The third-order valence-electron chi connectivity index (χ3n) is 3.42. The fourth-order valence-electron chi connectivity index (χ4n) is 2.10. The van der Waals surface area contributed by atoms with Crippen LogP contribution in [0, 0.1) is 11.8 Å². The summed E-state index contributed by atoms with van der Waals surface area (Å²) in [5.74, 6) is 1.89. The highest BCUT2D eigenvalue weighted by atomic mass is 14.2. The summed E-state index contributed by atoms with van der Waals surface area (Å²) in [6.07, 6.45) is 5.74. The molecule has 0 heterocycles. The SMILES string of the molecule is CC(C)=C(C)C1CCC(C)CC1. The molecule has 0 spiro atoms. The van der Waals surface area contributed by atoms with Crippen molar-refractivity contribution >= 4 is 0 Å². The van der Waals surface area contributed by atoms with Gasteiger partial charge in [0.1, 0.15) is 0 Å². The Hall–Kier alpha value is -0.260. The van der Waals surface area contributed by atoms with Crippen LogP contribution in [0.1, 0.15) is 53.4 Å². The van der Waals surface area contributed by atoms with Crippen LogP contribution in [-0.2, 0) is 0 Å². The molecule has 0 aromatic heterocycles. The van der Waals surface area contributed by atoms with Gasteiger partial charge in [-0.05, 0) is 45.4 Å². The smallest absolute Gasteiger partial charge is 0.0203 e. The summed E-state index contributed by atoms with van der Waals surface area (Å²) in [5.41, 5.74) is 3.19. The van der Waals surface area contributed by atoms with Crippen LogP contribution in [-0.4, -0.2) is 0 Å². The van der Waals surface area contributed by atoms with Crippen molar-refractivity contribution in [3.63, 3.8) is 0 Å². The summed E-state index contributed by atoms with van der Waals surface area (Å²) in [5, 5.41) is 0. The molecular formula is C12H22. The predicted octanol–water partition coefficient (Wildman–Crippen LogP) is 4.17. The maximum absolute atomic E-state index is 2.38. The van der Waals surface area contributed by atoms with Gasteiger partial charge in [-0.3, -0.25) is 0 Å². The maximum atomic E-state index is 2.38. The molecule has 0 aromatic carbocycles. The molecule has 0 unspecified atom stereocenters. The van der Waals surface area contributed by atoms with Crippen molar-refractivity contribution in [1.29, 1.82) is 0 Å². The van der Waals surface area contributed by atoms with E-state index in [1.807, 2.05) is 0 Å². The van der Waals surface area contributed by atoms with Gasteiger partial charge in [0.2, 0.25) is 0 Å². The van der Waals surface area contributed by atoms with Gasteiger partial charge in [0.05, 0.1) is 0 Å². The van der Waals surface area contributed by atoms with Crippen molar-refractivity contribution in [3.05, 3.63) is 11.1 Å². The zero-order chi connectivity index (χ0) is 9.14. The zero-order valence-corrected chi connectivity index (χ0v) is 8.98. The van der Waals surface area contributed by atoms with E-state index in [0.717, 1.165) is 11.8 Å². The maximum Gasteiger partial charge on any atom is -0.0203 e. The van der Waals surface area contributed by atoms with Crippen molar-refractivity contribution in [2.45, 2.75) is 53.4 Å². The highest BCUT2D eigenvalue weighted by Crippen LogP contribution is 2.33. The minimum Gasteiger partial charge on any atom is -0.0772 e. The quantitative estimate of drug-likeness (QED) is 0.513. The summed E-state index contributed by atoms with van der Waals surface area (Å²) in [6, 6.07) is 0. The van der Waals surface area contributed by atoms with Crippen LogP contribution in [0.2, 0.25) is 0 Å². The van der Waals surface area contributed by atoms with Crippen LogP contribution in [0.15, 0.2) is 11.1 Å². The second kappa shape index (κ2) is 4.11. The fraction of sp³-hybridized carbons (Fsp3) is 0.833. The van der Waals surface area contributed by atoms with Crippen LogP contribution in [0.3, 0.4) is 0 Å². The molecule has 1 aliphatic carbocycles. The highest BCUT2D eigenvalue weighted by molar-refractivity contribution is 5.11. The topological polar surface area (TPSA) is 0 Å². The molecular weight excluding hydrogens is 144 g/mol. The zero-order valence-electron chi connectivity index (χ0n) is 8.98. The second-order valence-corrected chi connectivity index (χ2v) is 4.64. The largest absolute Gasteiger partial charge is 0.0772 e. The van der Waals surface area contributed by atoms with Gasteiger partial charge >= 0.3 is 0 Å². The summed E-state index contributed by atoms with van der Waals surface area (Å²) >= 11 is 0. The van der Waals surface area contributed by atoms with Gasteiger partial charge in [-0.1, -0.05) is 30.9 Å².